The third kappa shape index (κ3) is 6.02. The number of para-hydroxylation sites is 1. The van der Waals surface area contributed by atoms with E-state index in [0.717, 1.165) is 44.5 Å². The average Bonchev–Trinajstić information content (AvgIpc) is 3.29. The summed E-state index contributed by atoms with van der Waals surface area (Å²) in [6.45, 7) is 11.1. The minimum Gasteiger partial charge on any atom is -0.457 e. The maximum Gasteiger partial charge on any atom is 0.134 e. The Morgan fingerprint density at radius 3 is 2.11 bits per heavy atom. The number of aryl methyl sites for hydroxylation is 2. The maximum atomic E-state index is 5.95. The van der Waals surface area contributed by atoms with Crippen molar-refractivity contribution in [3.05, 3.63) is 115 Å². The summed E-state index contributed by atoms with van der Waals surface area (Å²) in [6.07, 6.45) is 3.68. The normalized spacial score (nSPS) is 11.1. The monoisotopic (exact) mass is 691 g/mol. The molecule has 0 N–H and O–H groups in total. The van der Waals surface area contributed by atoms with Crippen molar-refractivity contribution in [2.24, 2.45) is 0 Å². The number of fused-ring (bicyclic) bond motifs is 3. The van der Waals surface area contributed by atoms with Crippen molar-refractivity contribution in [3.8, 4) is 22.5 Å². The molecule has 0 aliphatic heterocycles. The molecule has 0 saturated heterocycles. The third-order valence-corrected chi connectivity index (χ3v) is 8.42. The van der Waals surface area contributed by atoms with Gasteiger partial charge >= 0.3 is 0 Å². The molecule has 193 valence electrons. The predicted octanol–water partition coefficient (Wildman–Crippen LogP) is 8.16. The molecule has 0 fully saturated rings. The van der Waals surface area contributed by atoms with Crippen LogP contribution < -0.4 is 5.19 Å². The molecule has 0 amide bonds. The topological polar surface area (TPSA) is 38.9 Å². The van der Waals surface area contributed by atoms with E-state index in [1.165, 1.54) is 16.3 Å². The molecule has 0 aliphatic rings. The molecular weight excluding hydrogens is 661 g/mol. The van der Waals surface area contributed by atoms with Crippen molar-refractivity contribution in [1.82, 2.24) is 9.97 Å². The van der Waals surface area contributed by atoms with Crippen LogP contribution in [0.1, 0.15) is 11.1 Å². The van der Waals surface area contributed by atoms with Gasteiger partial charge < -0.3 is 14.4 Å². The Morgan fingerprint density at radius 2 is 1.45 bits per heavy atom. The molecule has 3 nitrogen and oxygen atoms in total. The van der Waals surface area contributed by atoms with Crippen molar-refractivity contribution >= 4 is 35.2 Å². The number of nitrogens with zero attached hydrogens (tertiary/aromatic N) is 2. The second-order valence-electron chi connectivity index (χ2n) is 10.4. The fourth-order valence-electron chi connectivity index (χ4n) is 4.20. The fraction of sp³-hybridized carbons (Fsp3) is 0.152. The summed E-state index contributed by atoms with van der Waals surface area (Å²) >= 11 is 0. The first kappa shape index (κ1) is 27.7. The Balaban J connectivity index is 0.000000193. The van der Waals surface area contributed by atoms with Gasteiger partial charge in [0, 0.05) is 51.3 Å². The van der Waals surface area contributed by atoms with Crippen LogP contribution in [-0.2, 0) is 20.1 Å². The minimum absolute atomic E-state index is 0. The molecule has 0 spiro atoms. The molecule has 3 heterocycles. The van der Waals surface area contributed by atoms with Crippen LogP contribution in [0.15, 0.2) is 95.7 Å². The van der Waals surface area contributed by atoms with Gasteiger partial charge in [-0.1, -0.05) is 56.9 Å². The summed E-state index contributed by atoms with van der Waals surface area (Å²) in [5.41, 5.74) is 8.17. The van der Waals surface area contributed by atoms with Crippen LogP contribution in [0.2, 0.25) is 19.6 Å². The summed E-state index contributed by atoms with van der Waals surface area (Å²) in [4.78, 5) is 8.96. The van der Waals surface area contributed by atoms with Gasteiger partial charge in [-0.15, -0.1) is 70.4 Å². The molecule has 0 atom stereocenters. The Morgan fingerprint density at radius 1 is 0.711 bits per heavy atom. The molecule has 6 aromatic rings. The fourth-order valence-corrected chi connectivity index (χ4v) is 5.29. The summed E-state index contributed by atoms with van der Waals surface area (Å²) in [6, 6.07) is 33.4. The van der Waals surface area contributed by atoms with E-state index in [-0.39, 0.29) is 20.1 Å². The smallest absolute Gasteiger partial charge is 0.134 e. The standard InChI is InChI=1S/C20H18NOSi.C13H12N.Ir/c1-23(2,3)15-10-8-14(9-11-15)20-19-16-6-4-5-7-17(16)22-18(19)12-13-21-20;1-10-3-6-12(7-4-10)13-8-5-11(2)9-14-13;/h4-8,10-13H,1-3H3;3-6,8-9H,1-2H3;/q2*-1;. The van der Waals surface area contributed by atoms with E-state index in [4.69, 9.17) is 4.42 Å². The molecule has 1 radical (unpaired) electrons. The number of pyridine rings is 2. The van der Waals surface area contributed by atoms with Crippen LogP contribution in [0.4, 0.5) is 0 Å². The van der Waals surface area contributed by atoms with Crippen molar-refractivity contribution in [1.29, 1.82) is 0 Å². The quantitative estimate of drug-likeness (QED) is 0.139. The molecule has 5 heteroatoms. The van der Waals surface area contributed by atoms with E-state index in [0.29, 0.717) is 0 Å². The number of aromatic nitrogens is 2. The zero-order chi connectivity index (χ0) is 26.0. The van der Waals surface area contributed by atoms with E-state index in [9.17, 15) is 0 Å². The van der Waals surface area contributed by atoms with Crippen LogP contribution >= 0.6 is 0 Å². The number of hydrogen-bond acceptors (Lipinski definition) is 3. The molecular formula is C33H30IrN2OSi-2. The van der Waals surface area contributed by atoms with E-state index >= 15 is 0 Å². The number of benzene rings is 3. The van der Waals surface area contributed by atoms with Gasteiger partial charge in [-0.3, -0.25) is 0 Å². The molecule has 0 aliphatic carbocycles. The first-order chi connectivity index (χ1) is 17.8. The molecule has 38 heavy (non-hydrogen) atoms. The van der Waals surface area contributed by atoms with Crippen molar-refractivity contribution < 1.29 is 24.5 Å². The van der Waals surface area contributed by atoms with Crippen LogP contribution in [0.5, 0.6) is 0 Å². The summed E-state index contributed by atoms with van der Waals surface area (Å²) in [5, 5.41) is 3.58. The third-order valence-electron chi connectivity index (χ3n) is 6.38. The second kappa shape index (κ2) is 11.6. The van der Waals surface area contributed by atoms with Gasteiger partial charge in [0.25, 0.3) is 0 Å². The zero-order valence-electron chi connectivity index (χ0n) is 22.3. The number of hydrogen-bond donors (Lipinski definition) is 0. The van der Waals surface area contributed by atoms with Gasteiger partial charge in [0.05, 0.1) is 0 Å². The Labute approximate surface area is 239 Å². The van der Waals surface area contributed by atoms with Crippen LogP contribution in [-0.4, -0.2) is 18.0 Å². The van der Waals surface area contributed by atoms with Crippen molar-refractivity contribution in [2.75, 3.05) is 0 Å². The van der Waals surface area contributed by atoms with Crippen molar-refractivity contribution in [2.45, 2.75) is 33.5 Å². The van der Waals surface area contributed by atoms with Gasteiger partial charge in [0.2, 0.25) is 0 Å². The van der Waals surface area contributed by atoms with Crippen LogP contribution in [0, 0.1) is 26.0 Å². The number of rotatable bonds is 3. The predicted molar refractivity (Wildman–Crippen MR) is 157 cm³/mol. The van der Waals surface area contributed by atoms with Gasteiger partial charge in [-0.25, -0.2) is 0 Å². The zero-order valence-corrected chi connectivity index (χ0v) is 25.7. The minimum atomic E-state index is -1.31. The molecule has 3 aromatic heterocycles. The van der Waals surface area contributed by atoms with Crippen LogP contribution in [0.25, 0.3) is 44.5 Å². The SMILES string of the molecule is C[Si](C)(C)c1c[c-]c(-c2nccc3oc4ccccc4c23)cc1.Cc1c[c-]c(-c2ccc(C)cn2)cc1.[Ir]. The Bertz CT molecular complexity index is 1610. The largest absolute Gasteiger partial charge is 0.457 e. The Hall–Kier alpha value is -3.37. The molecule has 3 aromatic carbocycles. The summed E-state index contributed by atoms with van der Waals surface area (Å²) in [7, 11) is -1.31. The number of furan rings is 1. The van der Waals surface area contributed by atoms with E-state index in [1.807, 2.05) is 55.6 Å². The van der Waals surface area contributed by atoms with E-state index < -0.39 is 8.07 Å². The molecule has 0 unspecified atom stereocenters. The summed E-state index contributed by atoms with van der Waals surface area (Å²) in [5.74, 6) is 0. The van der Waals surface area contributed by atoms with Crippen LogP contribution in [0.3, 0.4) is 0 Å². The van der Waals surface area contributed by atoms with Gasteiger partial charge in [-0.05, 0) is 36.0 Å². The van der Waals surface area contributed by atoms with Gasteiger partial charge in [-0.2, -0.15) is 0 Å². The first-order valence-corrected chi connectivity index (χ1v) is 16.0. The molecule has 0 saturated carbocycles. The average molecular weight is 691 g/mol. The molecule has 6 rings (SSSR count). The first-order valence-electron chi connectivity index (χ1n) is 12.5. The van der Waals surface area contributed by atoms with Gasteiger partial charge in [0.1, 0.15) is 11.2 Å². The Kier molecular flexibility index (Phi) is 8.42. The van der Waals surface area contributed by atoms with Gasteiger partial charge in [0.15, 0.2) is 0 Å². The van der Waals surface area contributed by atoms with E-state index in [1.54, 1.807) is 6.20 Å². The summed E-state index contributed by atoms with van der Waals surface area (Å²) < 4.78 is 5.95. The molecule has 0 bridgehead atoms. The second-order valence-corrected chi connectivity index (χ2v) is 15.4. The van der Waals surface area contributed by atoms with E-state index in [2.05, 4.69) is 85.1 Å². The van der Waals surface area contributed by atoms with Crippen molar-refractivity contribution in [3.63, 3.8) is 0 Å². The maximum absolute atomic E-state index is 5.95.